The van der Waals surface area contributed by atoms with Crippen LogP contribution in [0.4, 0.5) is 0 Å². The van der Waals surface area contributed by atoms with Crippen molar-refractivity contribution in [3.63, 3.8) is 0 Å². The number of hydrogen-bond donors (Lipinski definition) is 1. The second kappa shape index (κ2) is 4.87. The summed E-state index contributed by atoms with van der Waals surface area (Å²) < 4.78 is 5.14. The molecule has 5 heteroatoms. The van der Waals surface area contributed by atoms with E-state index in [4.69, 9.17) is 10.3 Å². The highest BCUT2D eigenvalue weighted by atomic mass is 16.5. The molecule has 1 atom stereocenters. The van der Waals surface area contributed by atoms with Gasteiger partial charge in [-0.3, -0.25) is 9.69 Å². The third-order valence-corrected chi connectivity index (χ3v) is 3.47. The predicted octanol–water partition coefficient (Wildman–Crippen LogP) is 0.989. The standard InChI is InChI=1S/C12H19N3O2/c1-8-11(9(2)17-14-8)7-15-5-3-4-10(6-15)12(13)16/h10H,3-7H2,1-2H3,(H2,13,16)/t10-/m1/s1. The number of carbonyl (C=O) groups excluding carboxylic acids is 1. The fourth-order valence-electron chi connectivity index (χ4n) is 2.38. The van der Waals surface area contributed by atoms with Crippen LogP contribution in [0, 0.1) is 19.8 Å². The van der Waals surface area contributed by atoms with Crippen LogP contribution in [0.1, 0.15) is 29.9 Å². The Bertz CT molecular complexity index is 394. The van der Waals surface area contributed by atoms with Gasteiger partial charge in [0.15, 0.2) is 0 Å². The van der Waals surface area contributed by atoms with E-state index in [1.165, 1.54) is 0 Å². The van der Waals surface area contributed by atoms with E-state index >= 15 is 0 Å². The van der Waals surface area contributed by atoms with Gasteiger partial charge < -0.3 is 10.3 Å². The third kappa shape index (κ3) is 2.66. The molecule has 1 amide bonds. The average molecular weight is 237 g/mol. The van der Waals surface area contributed by atoms with Crippen LogP contribution in [0.3, 0.4) is 0 Å². The second-order valence-corrected chi connectivity index (χ2v) is 4.78. The zero-order valence-corrected chi connectivity index (χ0v) is 10.4. The second-order valence-electron chi connectivity index (χ2n) is 4.78. The molecular weight excluding hydrogens is 218 g/mol. The molecule has 0 aromatic carbocycles. The van der Waals surface area contributed by atoms with E-state index in [1.54, 1.807) is 0 Å². The Morgan fingerprint density at radius 1 is 1.59 bits per heavy atom. The van der Waals surface area contributed by atoms with Gasteiger partial charge in [0.25, 0.3) is 0 Å². The Balaban J connectivity index is 2.02. The van der Waals surface area contributed by atoms with E-state index in [1.807, 2.05) is 13.8 Å². The van der Waals surface area contributed by atoms with Gasteiger partial charge in [0, 0.05) is 18.7 Å². The first-order chi connectivity index (χ1) is 8.08. The zero-order chi connectivity index (χ0) is 12.4. The number of likely N-dealkylation sites (tertiary alicyclic amines) is 1. The van der Waals surface area contributed by atoms with Crippen LogP contribution in [0.15, 0.2) is 4.52 Å². The minimum atomic E-state index is -0.187. The lowest BCUT2D eigenvalue weighted by molar-refractivity contribution is -0.123. The summed E-state index contributed by atoms with van der Waals surface area (Å²) in [4.78, 5) is 13.5. The number of amides is 1. The molecule has 0 saturated carbocycles. The van der Waals surface area contributed by atoms with Gasteiger partial charge >= 0.3 is 0 Å². The maximum Gasteiger partial charge on any atom is 0.221 e. The van der Waals surface area contributed by atoms with Gasteiger partial charge in [-0.05, 0) is 33.2 Å². The molecule has 1 aromatic heterocycles. The fourth-order valence-corrected chi connectivity index (χ4v) is 2.38. The van der Waals surface area contributed by atoms with Gasteiger partial charge in [0.2, 0.25) is 5.91 Å². The van der Waals surface area contributed by atoms with Crippen LogP contribution in [-0.4, -0.2) is 29.1 Å². The molecule has 5 nitrogen and oxygen atoms in total. The number of carbonyl (C=O) groups is 1. The lowest BCUT2D eigenvalue weighted by Gasteiger charge is -2.30. The van der Waals surface area contributed by atoms with Gasteiger partial charge in [-0.25, -0.2) is 0 Å². The normalized spacial score (nSPS) is 21.6. The molecule has 1 aliphatic rings. The summed E-state index contributed by atoms with van der Waals surface area (Å²) in [6.07, 6.45) is 1.93. The molecule has 0 radical (unpaired) electrons. The Hall–Kier alpha value is -1.36. The minimum Gasteiger partial charge on any atom is -0.369 e. The predicted molar refractivity (Wildman–Crippen MR) is 63.2 cm³/mol. The van der Waals surface area contributed by atoms with Crippen molar-refractivity contribution in [2.75, 3.05) is 13.1 Å². The highest BCUT2D eigenvalue weighted by molar-refractivity contribution is 5.76. The molecule has 0 spiro atoms. The van der Waals surface area contributed by atoms with E-state index in [0.29, 0.717) is 0 Å². The van der Waals surface area contributed by atoms with E-state index in [-0.39, 0.29) is 11.8 Å². The van der Waals surface area contributed by atoms with Gasteiger partial charge in [0.1, 0.15) is 5.76 Å². The van der Waals surface area contributed by atoms with E-state index < -0.39 is 0 Å². The highest BCUT2D eigenvalue weighted by Gasteiger charge is 2.25. The fraction of sp³-hybridized carbons (Fsp3) is 0.667. The first-order valence-corrected chi connectivity index (χ1v) is 6.01. The van der Waals surface area contributed by atoms with Crippen molar-refractivity contribution in [2.24, 2.45) is 11.7 Å². The summed E-state index contributed by atoms with van der Waals surface area (Å²) in [6.45, 7) is 6.42. The number of hydrogen-bond acceptors (Lipinski definition) is 4. The van der Waals surface area contributed by atoms with Crippen LogP contribution >= 0.6 is 0 Å². The summed E-state index contributed by atoms with van der Waals surface area (Å²) in [6, 6.07) is 0. The van der Waals surface area contributed by atoms with E-state index in [2.05, 4.69) is 10.1 Å². The first kappa shape index (κ1) is 12.1. The van der Waals surface area contributed by atoms with Crippen LogP contribution in [-0.2, 0) is 11.3 Å². The smallest absolute Gasteiger partial charge is 0.221 e. The lowest BCUT2D eigenvalue weighted by atomic mass is 9.97. The van der Waals surface area contributed by atoms with Crippen LogP contribution < -0.4 is 5.73 Å². The molecule has 0 unspecified atom stereocenters. The Kier molecular flexibility index (Phi) is 3.47. The molecule has 0 bridgehead atoms. The van der Waals surface area contributed by atoms with Crippen molar-refractivity contribution in [1.29, 1.82) is 0 Å². The van der Waals surface area contributed by atoms with E-state index in [0.717, 1.165) is 49.5 Å². The maximum absolute atomic E-state index is 11.2. The lowest BCUT2D eigenvalue weighted by Crippen LogP contribution is -2.40. The van der Waals surface area contributed by atoms with Gasteiger partial charge in [-0.15, -0.1) is 0 Å². The minimum absolute atomic E-state index is 0.00998. The SMILES string of the molecule is Cc1noc(C)c1CN1CCC[C@@H](C(N)=O)C1. The van der Waals surface area contributed by atoms with Crippen molar-refractivity contribution < 1.29 is 9.32 Å². The largest absolute Gasteiger partial charge is 0.369 e. The molecule has 2 heterocycles. The monoisotopic (exact) mass is 237 g/mol. The summed E-state index contributed by atoms with van der Waals surface area (Å²) in [5.74, 6) is 0.668. The zero-order valence-electron chi connectivity index (χ0n) is 10.4. The van der Waals surface area contributed by atoms with Gasteiger partial charge in [0.05, 0.1) is 11.6 Å². The molecule has 94 valence electrons. The van der Waals surface area contributed by atoms with Crippen molar-refractivity contribution in [2.45, 2.75) is 33.2 Å². The number of nitrogens with zero attached hydrogens (tertiary/aromatic N) is 2. The van der Waals surface area contributed by atoms with Crippen molar-refractivity contribution in [3.8, 4) is 0 Å². The average Bonchev–Trinajstić information content (AvgIpc) is 2.61. The molecule has 1 aliphatic heterocycles. The van der Waals surface area contributed by atoms with Crippen molar-refractivity contribution in [3.05, 3.63) is 17.0 Å². The van der Waals surface area contributed by atoms with Crippen molar-refractivity contribution >= 4 is 5.91 Å². The van der Waals surface area contributed by atoms with E-state index in [9.17, 15) is 4.79 Å². The van der Waals surface area contributed by atoms with Crippen LogP contribution in [0.5, 0.6) is 0 Å². The van der Waals surface area contributed by atoms with Gasteiger partial charge in [-0.1, -0.05) is 5.16 Å². The van der Waals surface area contributed by atoms with Crippen LogP contribution in [0.25, 0.3) is 0 Å². The summed E-state index contributed by atoms with van der Waals surface area (Å²) in [5.41, 5.74) is 7.43. The molecule has 17 heavy (non-hydrogen) atoms. The summed E-state index contributed by atoms with van der Waals surface area (Å²) in [7, 11) is 0. The highest BCUT2D eigenvalue weighted by Crippen LogP contribution is 2.21. The number of piperidine rings is 1. The third-order valence-electron chi connectivity index (χ3n) is 3.47. The van der Waals surface area contributed by atoms with Crippen molar-refractivity contribution in [1.82, 2.24) is 10.1 Å². The summed E-state index contributed by atoms with van der Waals surface area (Å²) >= 11 is 0. The topological polar surface area (TPSA) is 72.4 Å². The quantitative estimate of drug-likeness (QED) is 0.850. The molecule has 2 rings (SSSR count). The molecule has 1 saturated heterocycles. The molecule has 0 aliphatic carbocycles. The van der Waals surface area contributed by atoms with Gasteiger partial charge in [-0.2, -0.15) is 0 Å². The number of aromatic nitrogens is 1. The Morgan fingerprint density at radius 3 is 2.94 bits per heavy atom. The Morgan fingerprint density at radius 2 is 2.35 bits per heavy atom. The molecule has 1 fully saturated rings. The molecule has 1 aromatic rings. The number of nitrogens with two attached hydrogens (primary N) is 1. The Labute approximate surface area is 101 Å². The van der Waals surface area contributed by atoms with Crippen LogP contribution in [0.2, 0.25) is 0 Å². The first-order valence-electron chi connectivity index (χ1n) is 6.01. The molecule has 2 N–H and O–H groups in total. The maximum atomic E-state index is 11.2. The number of aryl methyl sites for hydroxylation is 2. The summed E-state index contributed by atoms with van der Waals surface area (Å²) in [5, 5.41) is 3.94. The number of rotatable bonds is 3. The number of primary amides is 1. The molecular formula is C12H19N3O2.